The van der Waals surface area contributed by atoms with Gasteiger partial charge in [0.15, 0.2) is 0 Å². The summed E-state index contributed by atoms with van der Waals surface area (Å²) >= 11 is 9.35. The molecule has 2 rings (SSSR count). The number of benzene rings is 1. The Morgan fingerprint density at radius 3 is 2.76 bits per heavy atom. The Hall–Kier alpha value is -0.0900. The molecule has 4 heteroatoms. The summed E-state index contributed by atoms with van der Waals surface area (Å²) in [6, 6.07) is 7.79. The summed E-state index contributed by atoms with van der Waals surface area (Å²) in [5.74, 6) is 0. The molecule has 0 aromatic heterocycles. The molecule has 1 fully saturated rings. The third-order valence-corrected chi connectivity index (χ3v) is 3.73. The van der Waals surface area contributed by atoms with E-state index in [-0.39, 0.29) is 12.2 Å². The van der Waals surface area contributed by atoms with E-state index in [9.17, 15) is 0 Å². The Labute approximate surface area is 115 Å². The minimum atomic E-state index is 0.0662. The molecule has 1 aromatic rings. The van der Waals surface area contributed by atoms with Gasteiger partial charge in [-0.3, -0.25) is 0 Å². The molecule has 2 nitrogen and oxygen atoms in total. The first kappa shape index (κ1) is 13.3. The molecule has 0 aliphatic carbocycles. The highest BCUT2D eigenvalue weighted by molar-refractivity contribution is 9.09. The zero-order chi connectivity index (χ0) is 12.1. The number of hydrogen-bond acceptors (Lipinski definition) is 2. The fraction of sp³-hybridized carbons (Fsp3) is 0.538. The number of ether oxygens (including phenoxy) is 2. The summed E-state index contributed by atoms with van der Waals surface area (Å²) < 4.78 is 11.4. The Kier molecular flexibility index (Phi) is 5.29. The SMILES string of the molecule is Clc1ccc(C(CBr)OCC2CCCO2)cc1. The van der Waals surface area contributed by atoms with Crippen molar-refractivity contribution in [2.45, 2.75) is 25.0 Å². The van der Waals surface area contributed by atoms with Crippen LogP contribution in [0.25, 0.3) is 0 Å². The molecule has 0 bridgehead atoms. The summed E-state index contributed by atoms with van der Waals surface area (Å²) in [4.78, 5) is 0. The van der Waals surface area contributed by atoms with Gasteiger partial charge in [-0.2, -0.15) is 0 Å². The summed E-state index contributed by atoms with van der Waals surface area (Å²) in [5, 5.41) is 1.53. The van der Waals surface area contributed by atoms with Crippen molar-refractivity contribution in [2.75, 3.05) is 18.5 Å². The minimum absolute atomic E-state index is 0.0662. The molecular weight excluding hydrogens is 303 g/mol. The van der Waals surface area contributed by atoms with E-state index in [1.54, 1.807) is 0 Å². The Morgan fingerprint density at radius 1 is 1.41 bits per heavy atom. The third kappa shape index (κ3) is 3.95. The van der Waals surface area contributed by atoms with Crippen molar-refractivity contribution in [1.82, 2.24) is 0 Å². The minimum Gasteiger partial charge on any atom is -0.376 e. The topological polar surface area (TPSA) is 18.5 Å². The predicted octanol–water partition coefficient (Wildman–Crippen LogP) is 3.97. The molecular formula is C13H16BrClO2. The zero-order valence-corrected chi connectivity index (χ0v) is 11.9. The second-order valence-electron chi connectivity index (χ2n) is 4.16. The Balaban J connectivity index is 1.89. The van der Waals surface area contributed by atoms with Gasteiger partial charge in [0, 0.05) is 17.0 Å². The fourth-order valence-corrected chi connectivity index (χ4v) is 2.59. The molecule has 1 heterocycles. The lowest BCUT2D eigenvalue weighted by Crippen LogP contribution is -2.17. The van der Waals surface area contributed by atoms with Crippen LogP contribution >= 0.6 is 27.5 Å². The molecule has 2 unspecified atom stereocenters. The maximum absolute atomic E-state index is 5.89. The van der Waals surface area contributed by atoms with E-state index in [4.69, 9.17) is 21.1 Å². The van der Waals surface area contributed by atoms with Gasteiger partial charge in [-0.1, -0.05) is 39.7 Å². The van der Waals surface area contributed by atoms with Crippen LogP contribution in [0.4, 0.5) is 0 Å². The lowest BCUT2D eigenvalue weighted by Gasteiger charge is -2.18. The number of alkyl halides is 1. The first-order valence-electron chi connectivity index (χ1n) is 5.84. The highest BCUT2D eigenvalue weighted by Crippen LogP contribution is 2.23. The van der Waals surface area contributed by atoms with E-state index in [1.165, 1.54) is 0 Å². The first-order valence-corrected chi connectivity index (χ1v) is 7.34. The average Bonchev–Trinajstić information content (AvgIpc) is 2.85. The highest BCUT2D eigenvalue weighted by atomic mass is 79.9. The smallest absolute Gasteiger partial charge is 0.0922 e. The summed E-state index contributed by atoms with van der Waals surface area (Å²) in [6.07, 6.45) is 2.59. The van der Waals surface area contributed by atoms with Crippen LogP contribution in [-0.4, -0.2) is 24.6 Å². The zero-order valence-electron chi connectivity index (χ0n) is 9.57. The number of rotatable bonds is 5. The molecule has 1 saturated heterocycles. The molecule has 17 heavy (non-hydrogen) atoms. The molecule has 2 atom stereocenters. The van der Waals surface area contributed by atoms with Gasteiger partial charge in [0.2, 0.25) is 0 Å². The van der Waals surface area contributed by atoms with Gasteiger partial charge in [0.1, 0.15) is 0 Å². The van der Waals surface area contributed by atoms with Crippen LogP contribution in [0.2, 0.25) is 5.02 Å². The second-order valence-corrected chi connectivity index (χ2v) is 5.25. The van der Waals surface area contributed by atoms with Crippen LogP contribution in [0.1, 0.15) is 24.5 Å². The lowest BCUT2D eigenvalue weighted by atomic mass is 10.1. The summed E-state index contributed by atoms with van der Waals surface area (Å²) in [7, 11) is 0. The van der Waals surface area contributed by atoms with Crippen molar-refractivity contribution in [3.05, 3.63) is 34.9 Å². The Bertz CT molecular complexity index is 336. The molecule has 0 amide bonds. The van der Waals surface area contributed by atoms with Gasteiger partial charge in [-0.05, 0) is 30.5 Å². The van der Waals surface area contributed by atoms with Gasteiger partial charge in [-0.15, -0.1) is 0 Å². The number of halogens is 2. The van der Waals surface area contributed by atoms with E-state index in [0.717, 1.165) is 35.4 Å². The normalized spacial score (nSPS) is 21.6. The van der Waals surface area contributed by atoms with Crippen LogP contribution in [0, 0.1) is 0 Å². The van der Waals surface area contributed by atoms with Crippen LogP contribution in [0.5, 0.6) is 0 Å². The molecule has 1 aliphatic heterocycles. The third-order valence-electron chi connectivity index (χ3n) is 2.89. The standard InChI is InChI=1S/C13H16BrClO2/c14-8-13(10-3-5-11(15)6-4-10)17-9-12-2-1-7-16-12/h3-6,12-13H,1-2,7-9H2. The summed E-state index contributed by atoms with van der Waals surface area (Å²) in [6.45, 7) is 1.53. The maximum Gasteiger partial charge on any atom is 0.0922 e. The van der Waals surface area contributed by atoms with Crippen molar-refractivity contribution in [3.8, 4) is 0 Å². The molecule has 0 radical (unpaired) electrons. The van der Waals surface area contributed by atoms with Gasteiger partial charge in [0.05, 0.1) is 18.8 Å². The van der Waals surface area contributed by atoms with Crippen molar-refractivity contribution >= 4 is 27.5 Å². The highest BCUT2D eigenvalue weighted by Gasteiger charge is 2.18. The van der Waals surface area contributed by atoms with Crippen LogP contribution in [0.3, 0.4) is 0 Å². The molecule has 0 N–H and O–H groups in total. The van der Waals surface area contributed by atoms with Gasteiger partial charge in [-0.25, -0.2) is 0 Å². The van der Waals surface area contributed by atoms with Gasteiger partial charge in [0.25, 0.3) is 0 Å². The van der Waals surface area contributed by atoms with Crippen LogP contribution in [0.15, 0.2) is 24.3 Å². The van der Waals surface area contributed by atoms with E-state index in [0.29, 0.717) is 6.61 Å². The molecule has 94 valence electrons. The van der Waals surface area contributed by atoms with E-state index in [1.807, 2.05) is 24.3 Å². The van der Waals surface area contributed by atoms with E-state index >= 15 is 0 Å². The first-order chi connectivity index (χ1) is 8.29. The van der Waals surface area contributed by atoms with Crippen molar-refractivity contribution in [2.24, 2.45) is 0 Å². The maximum atomic E-state index is 5.89. The van der Waals surface area contributed by atoms with Crippen molar-refractivity contribution in [1.29, 1.82) is 0 Å². The van der Waals surface area contributed by atoms with Gasteiger partial charge < -0.3 is 9.47 Å². The lowest BCUT2D eigenvalue weighted by molar-refractivity contribution is -0.0127. The molecule has 1 aromatic carbocycles. The number of hydrogen-bond donors (Lipinski definition) is 0. The van der Waals surface area contributed by atoms with Crippen LogP contribution in [-0.2, 0) is 9.47 Å². The fourth-order valence-electron chi connectivity index (χ4n) is 1.91. The quantitative estimate of drug-likeness (QED) is 0.765. The average molecular weight is 320 g/mol. The molecule has 0 saturated carbocycles. The van der Waals surface area contributed by atoms with Crippen LogP contribution < -0.4 is 0 Å². The van der Waals surface area contributed by atoms with Crippen molar-refractivity contribution < 1.29 is 9.47 Å². The van der Waals surface area contributed by atoms with E-state index in [2.05, 4.69) is 15.9 Å². The monoisotopic (exact) mass is 318 g/mol. The molecule has 0 spiro atoms. The van der Waals surface area contributed by atoms with E-state index < -0.39 is 0 Å². The second kappa shape index (κ2) is 6.74. The van der Waals surface area contributed by atoms with Gasteiger partial charge >= 0.3 is 0 Å². The summed E-state index contributed by atoms with van der Waals surface area (Å²) in [5.41, 5.74) is 1.14. The van der Waals surface area contributed by atoms with Crippen molar-refractivity contribution in [3.63, 3.8) is 0 Å². The predicted molar refractivity (Wildman–Crippen MR) is 72.9 cm³/mol. The Morgan fingerprint density at radius 2 is 2.18 bits per heavy atom. The largest absolute Gasteiger partial charge is 0.376 e. The molecule has 1 aliphatic rings.